The van der Waals surface area contributed by atoms with Crippen LogP contribution in [0.25, 0.3) is 0 Å². The number of likely N-dealkylation sites (N-methyl/N-ethyl adjacent to an activating group) is 1. The monoisotopic (exact) mass is 304 g/mol. The summed E-state index contributed by atoms with van der Waals surface area (Å²) in [6.45, 7) is 2.73. The van der Waals surface area contributed by atoms with Gasteiger partial charge in [0.05, 0.1) is 5.69 Å². The van der Waals surface area contributed by atoms with E-state index in [0.29, 0.717) is 5.02 Å². The van der Waals surface area contributed by atoms with Crippen molar-refractivity contribution in [1.82, 2.24) is 15.0 Å². The number of halogens is 1. The number of aromatic nitrogens is 2. The maximum atomic E-state index is 6.01. The molecule has 7 heteroatoms. The zero-order valence-corrected chi connectivity index (χ0v) is 12.6. The van der Waals surface area contributed by atoms with Gasteiger partial charge in [-0.25, -0.2) is 14.7 Å². The van der Waals surface area contributed by atoms with Crippen LogP contribution in [0.2, 0.25) is 5.02 Å². The van der Waals surface area contributed by atoms with Gasteiger partial charge in [-0.2, -0.15) is 0 Å². The number of aryl methyl sites for hydroxylation is 1. The summed E-state index contributed by atoms with van der Waals surface area (Å²) in [5, 5.41) is 7.10. The highest BCUT2D eigenvalue weighted by Crippen LogP contribution is 2.17. The average molecular weight is 305 g/mol. The number of hydrogen-bond acceptors (Lipinski definition) is 5. The standard InChI is InChI=1S/C14H17ClN6/c1-9-6-13(18-11-5-3-4-10(15)7-11)21-14(17-9)19-12(20-21)8-16-2/h3-7,12,16,20H,8H2,1-2H3,(H,17,19). The van der Waals surface area contributed by atoms with Crippen molar-refractivity contribution in [1.29, 1.82) is 0 Å². The molecule has 6 nitrogen and oxygen atoms in total. The molecule has 1 unspecified atom stereocenters. The highest BCUT2D eigenvalue weighted by Gasteiger charge is 2.20. The van der Waals surface area contributed by atoms with Gasteiger partial charge >= 0.3 is 0 Å². The molecule has 3 N–H and O–H groups in total. The first-order valence-corrected chi connectivity index (χ1v) is 7.12. The molecule has 0 spiro atoms. The van der Waals surface area contributed by atoms with E-state index in [0.717, 1.165) is 29.4 Å². The Morgan fingerprint density at radius 1 is 1.43 bits per heavy atom. The largest absolute Gasteiger partial charge is 0.332 e. The SMILES string of the molecule is CNCC1Nc2nc(C)cc(=Nc3cccc(Cl)c3)n2N1. The zero-order valence-electron chi connectivity index (χ0n) is 11.9. The summed E-state index contributed by atoms with van der Waals surface area (Å²) >= 11 is 6.01. The third kappa shape index (κ3) is 3.01. The zero-order chi connectivity index (χ0) is 14.8. The fourth-order valence-electron chi connectivity index (χ4n) is 2.24. The van der Waals surface area contributed by atoms with E-state index >= 15 is 0 Å². The Bertz CT molecular complexity index is 724. The predicted octanol–water partition coefficient (Wildman–Crippen LogP) is 1.59. The summed E-state index contributed by atoms with van der Waals surface area (Å²) in [7, 11) is 1.91. The van der Waals surface area contributed by atoms with Crippen LogP contribution in [0.3, 0.4) is 0 Å². The molecule has 2 aromatic rings. The number of hydrogen-bond donors (Lipinski definition) is 3. The fraction of sp³-hybridized carbons (Fsp3) is 0.286. The molecule has 0 radical (unpaired) electrons. The van der Waals surface area contributed by atoms with Crippen LogP contribution in [0.15, 0.2) is 35.3 Å². The third-order valence-corrected chi connectivity index (χ3v) is 3.34. The molecule has 1 atom stereocenters. The van der Waals surface area contributed by atoms with Gasteiger partial charge < -0.3 is 10.6 Å². The first kappa shape index (κ1) is 13.9. The second-order valence-corrected chi connectivity index (χ2v) is 5.33. The normalized spacial score (nSPS) is 17.3. The lowest BCUT2D eigenvalue weighted by Gasteiger charge is -2.10. The number of nitrogens with one attached hydrogen (secondary N) is 3. The minimum Gasteiger partial charge on any atom is -0.332 e. The minimum atomic E-state index is 0.0811. The molecule has 1 aromatic carbocycles. The van der Waals surface area contributed by atoms with Gasteiger partial charge in [0.2, 0.25) is 5.95 Å². The molecule has 2 heterocycles. The third-order valence-electron chi connectivity index (χ3n) is 3.11. The smallest absolute Gasteiger partial charge is 0.225 e. The van der Waals surface area contributed by atoms with E-state index in [-0.39, 0.29) is 6.17 Å². The minimum absolute atomic E-state index is 0.0811. The Hall–Kier alpha value is -2.05. The van der Waals surface area contributed by atoms with E-state index in [1.807, 2.05) is 49.0 Å². The summed E-state index contributed by atoms with van der Waals surface area (Å²) in [6, 6.07) is 9.40. The molecule has 21 heavy (non-hydrogen) atoms. The van der Waals surface area contributed by atoms with E-state index < -0.39 is 0 Å². The molecule has 1 aliphatic rings. The number of benzene rings is 1. The molecule has 110 valence electrons. The first-order valence-electron chi connectivity index (χ1n) is 6.74. The molecule has 1 aromatic heterocycles. The lowest BCUT2D eigenvalue weighted by atomic mass is 10.3. The lowest BCUT2D eigenvalue weighted by molar-refractivity contribution is 0.682. The van der Waals surface area contributed by atoms with E-state index in [4.69, 9.17) is 11.6 Å². The average Bonchev–Trinajstić information content (AvgIpc) is 2.81. The van der Waals surface area contributed by atoms with E-state index in [1.54, 1.807) is 0 Å². The summed E-state index contributed by atoms with van der Waals surface area (Å²) in [5.74, 6) is 0.760. The Kier molecular flexibility index (Phi) is 3.81. The molecule has 0 fully saturated rings. The van der Waals surface area contributed by atoms with Crippen molar-refractivity contribution in [2.45, 2.75) is 13.1 Å². The van der Waals surface area contributed by atoms with Gasteiger partial charge in [-0.3, -0.25) is 5.43 Å². The highest BCUT2D eigenvalue weighted by atomic mass is 35.5. The topological polar surface area (TPSA) is 66.3 Å². The molecular weight excluding hydrogens is 288 g/mol. The Labute approximate surface area is 127 Å². The molecule has 0 aliphatic carbocycles. The first-order chi connectivity index (χ1) is 10.2. The number of rotatable bonds is 3. The molecular formula is C14H17ClN6. The van der Waals surface area contributed by atoms with Crippen LogP contribution in [-0.4, -0.2) is 29.4 Å². The number of fused-ring (bicyclic) bond motifs is 1. The van der Waals surface area contributed by atoms with Crippen molar-refractivity contribution < 1.29 is 0 Å². The molecule has 0 amide bonds. The van der Waals surface area contributed by atoms with Crippen molar-refractivity contribution in [2.24, 2.45) is 4.99 Å². The van der Waals surface area contributed by atoms with Gasteiger partial charge in [0.1, 0.15) is 6.17 Å². The fourth-order valence-corrected chi connectivity index (χ4v) is 2.42. The molecule has 0 saturated heterocycles. The highest BCUT2D eigenvalue weighted by molar-refractivity contribution is 6.30. The van der Waals surface area contributed by atoms with E-state index in [2.05, 4.69) is 26.0 Å². The van der Waals surface area contributed by atoms with Crippen molar-refractivity contribution in [3.8, 4) is 0 Å². The van der Waals surface area contributed by atoms with Gasteiger partial charge in [0.25, 0.3) is 0 Å². The van der Waals surface area contributed by atoms with Crippen molar-refractivity contribution in [3.05, 3.63) is 46.5 Å². The van der Waals surface area contributed by atoms with Crippen LogP contribution < -0.4 is 21.5 Å². The van der Waals surface area contributed by atoms with Gasteiger partial charge in [-0.15, -0.1) is 0 Å². The second kappa shape index (κ2) is 5.75. The quantitative estimate of drug-likeness (QED) is 0.806. The van der Waals surface area contributed by atoms with Crippen molar-refractivity contribution in [2.75, 3.05) is 24.3 Å². The van der Waals surface area contributed by atoms with Crippen LogP contribution in [-0.2, 0) is 0 Å². The van der Waals surface area contributed by atoms with Crippen LogP contribution in [0.4, 0.5) is 11.6 Å². The van der Waals surface area contributed by atoms with Crippen LogP contribution in [0, 0.1) is 6.92 Å². The number of nitrogens with zero attached hydrogens (tertiary/aromatic N) is 3. The lowest BCUT2D eigenvalue weighted by Crippen LogP contribution is -2.37. The molecule has 1 aliphatic heterocycles. The summed E-state index contributed by atoms with van der Waals surface area (Å²) in [4.78, 5) is 9.13. The van der Waals surface area contributed by atoms with Gasteiger partial charge in [-0.05, 0) is 32.2 Å². The maximum Gasteiger partial charge on any atom is 0.225 e. The molecule has 3 rings (SSSR count). The van der Waals surface area contributed by atoms with Crippen LogP contribution >= 0.6 is 11.6 Å². The van der Waals surface area contributed by atoms with E-state index in [1.165, 1.54) is 0 Å². The second-order valence-electron chi connectivity index (χ2n) is 4.89. The predicted molar refractivity (Wildman–Crippen MR) is 84.3 cm³/mol. The van der Waals surface area contributed by atoms with Crippen LogP contribution in [0.1, 0.15) is 5.69 Å². The van der Waals surface area contributed by atoms with Gasteiger partial charge in [0, 0.05) is 23.3 Å². The van der Waals surface area contributed by atoms with Crippen molar-refractivity contribution >= 4 is 23.2 Å². The summed E-state index contributed by atoms with van der Waals surface area (Å²) in [5.41, 5.74) is 5.81. The van der Waals surface area contributed by atoms with Crippen molar-refractivity contribution in [3.63, 3.8) is 0 Å². The Morgan fingerprint density at radius 3 is 3.05 bits per heavy atom. The maximum absolute atomic E-state index is 6.01. The number of anilines is 1. The summed E-state index contributed by atoms with van der Waals surface area (Å²) in [6.07, 6.45) is 0.0811. The van der Waals surface area contributed by atoms with Gasteiger partial charge in [0.15, 0.2) is 5.49 Å². The van der Waals surface area contributed by atoms with Crippen LogP contribution in [0.5, 0.6) is 0 Å². The summed E-state index contributed by atoms with van der Waals surface area (Å²) < 4.78 is 1.86. The Morgan fingerprint density at radius 2 is 2.29 bits per heavy atom. The van der Waals surface area contributed by atoms with Gasteiger partial charge in [-0.1, -0.05) is 17.7 Å². The Balaban J connectivity index is 2.05. The van der Waals surface area contributed by atoms with E-state index in [9.17, 15) is 0 Å². The molecule has 0 bridgehead atoms. The molecule has 0 saturated carbocycles.